The summed E-state index contributed by atoms with van der Waals surface area (Å²) in [5.74, 6) is -2.59. The van der Waals surface area contributed by atoms with E-state index in [0.717, 1.165) is 18.0 Å². The second kappa shape index (κ2) is 8.15. The van der Waals surface area contributed by atoms with Gasteiger partial charge in [-0.2, -0.15) is 13.2 Å². The Morgan fingerprint density at radius 2 is 1.82 bits per heavy atom. The largest absolute Gasteiger partial charge is 0.490 e. The Balaban J connectivity index is 0.000000279. The molecule has 148 valence electrons. The standard InChI is InChI=1S/C17H16N2OS.C2HF3O2/c20-17(15-8-14-9-18-10-16(14)21-15)19-7-6-13(11-19)12-4-2-1-3-5-12;3-2(4,5)1(6)7/h1-6,8,18H,7,9-11H2;(H,6,7). The molecule has 5 nitrogen and oxygen atoms in total. The van der Waals surface area contributed by atoms with Crippen LogP contribution in [0.15, 0.2) is 42.5 Å². The summed E-state index contributed by atoms with van der Waals surface area (Å²) in [6, 6.07) is 12.4. The maximum absolute atomic E-state index is 12.6. The zero-order chi connectivity index (χ0) is 20.3. The summed E-state index contributed by atoms with van der Waals surface area (Å²) >= 11 is 1.64. The second-order valence-corrected chi connectivity index (χ2v) is 7.38. The summed E-state index contributed by atoms with van der Waals surface area (Å²) in [5.41, 5.74) is 3.75. The van der Waals surface area contributed by atoms with Crippen molar-refractivity contribution in [2.24, 2.45) is 0 Å². The van der Waals surface area contributed by atoms with E-state index in [1.165, 1.54) is 21.6 Å². The van der Waals surface area contributed by atoms with Gasteiger partial charge in [0.2, 0.25) is 0 Å². The fourth-order valence-electron chi connectivity index (χ4n) is 2.91. The molecule has 0 unspecified atom stereocenters. The molecule has 0 spiro atoms. The minimum Gasteiger partial charge on any atom is -0.475 e. The van der Waals surface area contributed by atoms with Crippen LogP contribution in [-0.4, -0.2) is 41.1 Å². The molecule has 1 amide bonds. The highest BCUT2D eigenvalue weighted by Crippen LogP contribution is 2.29. The lowest BCUT2D eigenvalue weighted by molar-refractivity contribution is -0.192. The molecule has 1 aromatic heterocycles. The molecule has 0 radical (unpaired) electrons. The molecule has 4 rings (SSSR count). The molecular formula is C19H17F3N2O3S. The van der Waals surface area contributed by atoms with Gasteiger partial charge >= 0.3 is 12.1 Å². The van der Waals surface area contributed by atoms with E-state index >= 15 is 0 Å². The molecule has 0 fully saturated rings. The number of carboxylic acid groups (broad SMARTS) is 1. The topological polar surface area (TPSA) is 69.6 Å². The van der Waals surface area contributed by atoms with Crippen LogP contribution in [0.4, 0.5) is 13.2 Å². The molecule has 0 saturated carbocycles. The average Bonchev–Trinajstić information content (AvgIpc) is 3.37. The third-order valence-electron chi connectivity index (χ3n) is 4.30. The average molecular weight is 410 g/mol. The molecule has 3 heterocycles. The van der Waals surface area contributed by atoms with Gasteiger partial charge in [0.15, 0.2) is 0 Å². The number of hydrogen-bond acceptors (Lipinski definition) is 4. The number of halogens is 3. The van der Waals surface area contributed by atoms with Crippen LogP contribution < -0.4 is 5.32 Å². The summed E-state index contributed by atoms with van der Waals surface area (Å²) in [7, 11) is 0. The number of nitrogens with one attached hydrogen (secondary N) is 1. The van der Waals surface area contributed by atoms with Crippen molar-refractivity contribution in [1.82, 2.24) is 10.2 Å². The number of nitrogens with zero attached hydrogens (tertiary/aromatic N) is 1. The number of amides is 1. The van der Waals surface area contributed by atoms with Crippen LogP contribution in [0, 0.1) is 0 Å². The molecule has 0 bridgehead atoms. The molecule has 28 heavy (non-hydrogen) atoms. The predicted octanol–water partition coefficient (Wildman–Crippen LogP) is 3.52. The van der Waals surface area contributed by atoms with E-state index in [9.17, 15) is 18.0 Å². The highest BCUT2D eigenvalue weighted by Gasteiger charge is 2.38. The van der Waals surface area contributed by atoms with E-state index < -0.39 is 12.1 Å². The Morgan fingerprint density at radius 3 is 2.43 bits per heavy atom. The molecule has 2 N–H and O–H groups in total. The second-order valence-electron chi connectivity index (χ2n) is 6.25. The van der Waals surface area contributed by atoms with Gasteiger partial charge in [0.05, 0.1) is 4.88 Å². The van der Waals surface area contributed by atoms with Crippen LogP contribution >= 0.6 is 11.3 Å². The zero-order valence-corrected chi connectivity index (χ0v) is 15.4. The summed E-state index contributed by atoms with van der Waals surface area (Å²) in [6.07, 6.45) is -2.92. The predicted molar refractivity (Wildman–Crippen MR) is 98.9 cm³/mol. The monoisotopic (exact) mass is 410 g/mol. The van der Waals surface area contributed by atoms with Crippen LogP contribution in [0.5, 0.6) is 0 Å². The number of rotatable bonds is 2. The first-order valence-corrected chi connectivity index (χ1v) is 9.23. The van der Waals surface area contributed by atoms with Gasteiger partial charge in [-0.25, -0.2) is 4.79 Å². The van der Waals surface area contributed by atoms with E-state index in [2.05, 4.69) is 29.6 Å². The number of hydrogen-bond donors (Lipinski definition) is 2. The van der Waals surface area contributed by atoms with Crippen LogP contribution in [0.1, 0.15) is 25.7 Å². The number of carboxylic acids is 1. The van der Waals surface area contributed by atoms with Crippen molar-refractivity contribution in [3.63, 3.8) is 0 Å². The fraction of sp³-hybridized carbons (Fsp3) is 0.263. The van der Waals surface area contributed by atoms with Gasteiger partial charge in [-0.05, 0) is 22.8 Å². The van der Waals surface area contributed by atoms with Gasteiger partial charge in [-0.1, -0.05) is 36.4 Å². The van der Waals surface area contributed by atoms with Gasteiger partial charge in [0.1, 0.15) is 0 Å². The van der Waals surface area contributed by atoms with Crippen molar-refractivity contribution >= 4 is 28.8 Å². The lowest BCUT2D eigenvalue weighted by atomic mass is 10.1. The van der Waals surface area contributed by atoms with Crippen LogP contribution in [0.2, 0.25) is 0 Å². The molecule has 2 aliphatic heterocycles. The van der Waals surface area contributed by atoms with E-state index in [0.29, 0.717) is 13.1 Å². The molecule has 2 aromatic rings. The third kappa shape index (κ3) is 4.60. The van der Waals surface area contributed by atoms with Gasteiger partial charge in [0.25, 0.3) is 5.91 Å². The Kier molecular flexibility index (Phi) is 5.85. The minimum atomic E-state index is -5.08. The summed E-state index contributed by atoms with van der Waals surface area (Å²) in [4.78, 5) is 25.6. The van der Waals surface area contributed by atoms with E-state index in [-0.39, 0.29) is 5.91 Å². The van der Waals surface area contributed by atoms with Crippen molar-refractivity contribution < 1.29 is 27.9 Å². The van der Waals surface area contributed by atoms with Crippen molar-refractivity contribution in [3.05, 3.63) is 63.4 Å². The maximum atomic E-state index is 12.6. The normalized spacial score (nSPS) is 15.5. The number of aliphatic carboxylic acids is 1. The van der Waals surface area contributed by atoms with Gasteiger partial charge in [-0.15, -0.1) is 11.3 Å². The molecule has 2 aliphatic rings. The van der Waals surface area contributed by atoms with Gasteiger partial charge in [-0.3, -0.25) is 4.79 Å². The van der Waals surface area contributed by atoms with Gasteiger partial charge < -0.3 is 15.3 Å². The molecule has 0 aliphatic carbocycles. The van der Waals surface area contributed by atoms with Crippen molar-refractivity contribution in [3.8, 4) is 0 Å². The highest BCUT2D eigenvalue weighted by molar-refractivity contribution is 7.14. The first kappa shape index (κ1) is 20.1. The number of fused-ring (bicyclic) bond motifs is 1. The summed E-state index contributed by atoms with van der Waals surface area (Å²) in [6.45, 7) is 3.22. The molecule has 9 heteroatoms. The van der Waals surface area contributed by atoms with Gasteiger partial charge in [0, 0.05) is 31.1 Å². The summed E-state index contributed by atoms with van der Waals surface area (Å²) in [5, 5.41) is 10.4. The summed E-state index contributed by atoms with van der Waals surface area (Å²) < 4.78 is 31.7. The SMILES string of the molecule is O=C(O)C(F)(F)F.O=C(c1cc2c(s1)CNC2)N1CC=C(c2ccccc2)C1. The zero-order valence-electron chi connectivity index (χ0n) is 14.6. The first-order chi connectivity index (χ1) is 13.3. The molecular weight excluding hydrogens is 393 g/mol. The quantitative estimate of drug-likeness (QED) is 0.795. The Hall–Kier alpha value is -2.65. The van der Waals surface area contributed by atoms with Crippen molar-refractivity contribution in [2.45, 2.75) is 19.3 Å². The number of thiophene rings is 1. The smallest absolute Gasteiger partial charge is 0.475 e. The van der Waals surface area contributed by atoms with E-state index in [4.69, 9.17) is 9.90 Å². The Bertz CT molecular complexity index is 885. The molecule has 1 aromatic carbocycles. The maximum Gasteiger partial charge on any atom is 0.490 e. The molecule has 0 saturated heterocycles. The van der Waals surface area contributed by atoms with Crippen molar-refractivity contribution in [1.29, 1.82) is 0 Å². The first-order valence-electron chi connectivity index (χ1n) is 8.42. The van der Waals surface area contributed by atoms with E-state index in [1.807, 2.05) is 23.1 Å². The van der Waals surface area contributed by atoms with Crippen LogP contribution in [-0.2, 0) is 17.9 Å². The number of carbonyl (C=O) groups is 2. The molecule has 0 atom stereocenters. The van der Waals surface area contributed by atoms with E-state index in [1.54, 1.807) is 11.3 Å². The lowest BCUT2D eigenvalue weighted by Gasteiger charge is -2.15. The number of carbonyl (C=O) groups excluding carboxylic acids is 1. The Labute approximate surface area is 163 Å². The van der Waals surface area contributed by atoms with Crippen LogP contribution in [0.3, 0.4) is 0 Å². The van der Waals surface area contributed by atoms with Crippen LogP contribution in [0.25, 0.3) is 5.57 Å². The third-order valence-corrected chi connectivity index (χ3v) is 5.47. The highest BCUT2D eigenvalue weighted by atomic mass is 32.1. The number of benzene rings is 1. The lowest BCUT2D eigenvalue weighted by Crippen LogP contribution is -2.28. The van der Waals surface area contributed by atoms with Crippen molar-refractivity contribution in [2.75, 3.05) is 13.1 Å². The fourth-order valence-corrected chi connectivity index (χ4v) is 4.03. The Morgan fingerprint density at radius 1 is 1.14 bits per heavy atom. The minimum absolute atomic E-state index is 0.164. The number of alkyl halides is 3.